The zero-order valence-electron chi connectivity index (χ0n) is 10.7. The normalized spacial score (nSPS) is 14.8. The minimum Gasteiger partial charge on any atom is -0.296 e. The van der Waals surface area contributed by atoms with E-state index in [0.29, 0.717) is 16.2 Å². The second kappa shape index (κ2) is 5.38. The Morgan fingerprint density at radius 3 is 2.62 bits per heavy atom. The number of nitrogens with zero attached hydrogens (tertiary/aromatic N) is 2. The maximum atomic E-state index is 12.4. The van der Waals surface area contributed by atoms with Crippen LogP contribution in [0.3, 0.4) is 0 Å². The summed E-state index contributed by atoms with van der Waals surface area (Å²) < 4.78 is 37.2. The molecule has 0 aliphatic heterocycles. The molecule has 0 saturated heterocycles. The van der Waals surface area contributed by atoms with Crippen molar-refractivity contribution in [1.29, 1.82) is 0 Å². The molecule has 21 heavy (non-hydrogen) atoms. The number of hydrogen-bond acceptors (Lipinski definition) is 5. The Kier molecular flexibility index (Phi) is 3.70. The number of alkyl halides is 3. The van der Waals surface area contributed by atoms with Crippen molar-refractivity contribution >= 4 is 33.7 Å². The monoisotopic (exact) mass is 333 g/mol. The van der Waals surface area contributed by atoms with Gasteiger partial charge in [0, 0.05) is 4.88 Å². The summed E-state index contributed by atoms with van der Waals surface area (Å²) in [6, 6.07) is 1.82. The predicted molar refractivity (Wildman–Crippen MR) is 73.8 cm³/mol. The van der Waals surface area contributed by atoms with Crippen LogP contribution in [0.5, 0.6) is 0 Å². The number of aromatic nitrogens is 2. The highest BCUT2D eigenvalue weighted by atomic mass is 32.1. The minimum absolute atomic E-state index is 0.140. The average molecular weight is 333 g/mol. The third-order valence-corrected chi connectivity index (χ3v) is 5.23. The van der Waals surface area contributed by atoms with Gasteiger partial charge in [-0.15, -0.1) is 21.5 Å². The molecular formula is C12H10F3N3OS2. The van der Waals surface area contributed by atoms with E-state index in [-0.39, 0.29) is 5.13 Å². The van der Waals surface area contributed by atoms with Crippen molar-refractivity contribution in [2.24, 2.45) is 0 Å². The van der Waals surface area contributed by atoms with Crippen LogP contribution in [0.1, 0.15) is 38.0 Å². The van der Waals surface area contributed by atoms with Gasteiger partial charge in [0.2, 0.25) is 10.1 Å². The standard InChI is InChI=1S/C12H10F3N3OS2/c13-12(14,15)10-17-18-11(21-10)16-9(19)8-5-6-3-1-2-4-7(6)20-8/h5H,1-4H2,(H,16,18,19). The second-order valence-corrected chi connectivity index (χ2v) is 6.74. The molecular weight excluding hydrogens is 323 g/mol. The summed E-state index contributed by atoms with van der Waals surface area (Å²) in [4.78, 5) is 13.7. The Hall–Kier alpha value is -1.48. The molecule has 0 radical (unpaired) electrons. The van der Waals surface area contributed by atoms with Crippen molar-refractivity contribution in [2.45, 2.75) is 31.9 Å². The Morgan fingerprint density at radius 1 is 1.19 bits per heavy atom. The Bertz CT molecular complexity index is 654. The molecule has 0 unspecified atom stereocenters. The summed E-state index contributed by atoms with van der Waals surface area (Å²) in [7, 11) is 0. The number of rotatable bonds is 2. The number of thiophene rings is 1. The fourth-order valence-corrected chi connectivity index (χ4v) is 3.90. The summed E-state index contributed by atoms with van der Waals surface area (Å²) in [5, 5.41) is 7.55. The van der Waals surface area contributed by atoms with Gasteiger partial charge in [-0.1, -0.05) is 11.3 Å². The van der Waals surface area contributed by atoms with E-state index in [1.165, 1.54) is 21.8 Å². The smallest absolute Gasteiger partial charge is 0.296 e. The third kappa shape index (κ3) is 3.08. The number of nitrogens with one attached hydrogen (secondary N) is 1. The Balaban J connectivity index is 1.74. The molecule has 9 heteroatoms. The van der Waals surface area contributed by atoms with Crippen molar-refractivity contribution in [3.8, 4) is 0 Å². The van der Waals surface area contributed by atoms with Crippen LogP contribution in [0.25, 0.3) is 0 Å². The minimum atomic E-state index is -4.54. The van der Waals surface area contributed by atoms with Gasteiger partial charge >= 0.3 is 6.18 Å². The Morgan fingerprint density at radius 2 is 1.95 bits per heavy atom. The fraction of sp³-hybridized carbons (Fsp3) is 0.417. The molecule has 2 aromatic rings. The largest absolute Gasteiger partial charge is 0.445 e. The summed E-state index contributed by atoms with van der Waals surface area (Å²) in [5.74, 6) is -0.431. The lowest BCUT2D eigenvalue weighted by Gasteiger charge is -2.08. The van der Waals surface area contributed by atoms with Crippen molar-refractivity contribution in [3.63, 3.8) is 0 Å². The zero-order chi connectivity index (χ0) is 15.0. The van der Waals surface area contributed by atoms with Crippen molar-refractivity contribution in [2.75, 3.05) is 5.32 Å². The molecule has 4 nitrogen and oxygen atoms in total. The van der Waals surface area contributed by atoms with Crippen molar-refractivity contribution in [1.82, 2.24) is 10.2 Å². The summed E-state index contributed by atoms with van der Waals surface area (Å²) >= 11 is 1.72. The summed E-state index contributed by atoms with van der Waals surface area (Å²) in [6.07, 6.45) is -0.404. The van der Waals surface area contributed by atoms with Gasteiger partial charge in [0.15, 0.2) is 0 Å². The van der Waals surface area contributed by atoms with Gasteiger partial charge < -0.3 is 0 Å². The lowest BCUT2D eigenvalue weighted by molar-refractivity contribution is -0.138. The molecule has 0 atom stereocenters. The molecule has 2 aromatic heterocycles. The topological polar surface area (TPSA) is 54.9 Å². The van der Waals surface area contributed by atoms with Crippen LogP contribution in [0.4, 0.5) is 18.3 Å². The number of hydrogen-bond donors (Lipinski definition) is 1. The maximum absolute atomic E-state index is 12.4. The molecule has 1 aliphatic rings. The maximum Gasteiger partial charge on any atom is 0.445 e. The van der Waals surface area contributed by atoms with Gasteiger partial charge in [-0.2, -0.15) is 13.2 Å². The van der Waals surface area contributed by atoms with Gasteiger partial charge in [-0.25, -0.2) is 0 Å². The second-order valence-electron chi connectivity index (χ2n) is 4.63. The summed E-state index contributed by atoms with van der Waals surface area (Å²) in [6.45, 7) is 0. The quantitative estimate of drug-likeness (QED) is 0.911. The number of anilines is 1. The number of halogens is 3. The zero-order valence-corrected chi connectivity index (χ0v) is 12.3. The molecule has 0 fully saturated rings. The SMILES string of the molecule is O=C(Nc1nnc(C(F)(F)F)s1)c1cc2c(s1)CCCC2. The number of carbonyl (C=O) groups excluding carboxylic acids is 1. The first-order valence-corrected chi connectivity index (χ1v) is 7.90. The van der Waals surface area contributed by atoms with E-state index in [4.69, 9.17) is 0 Å². The number of aryl methyl sites for hydroxylation is 2. The van der Waals surface area contributed by atoms with Gasteiger partial charge in [-0.3, -0.25) is 10.1 Å². The van der Waals surface area contributed by atoms with Crippen LogP contribution >= 0.6 is 22.7 Å². The van der Waals surface area contributed by atoms with Gasteiger partial charge in [0.05, 0.1) is 4.88 Å². The van der Waals surface area contributed by atoms with Crippen LogP contribution in [-0.4, -0.2) is 16.1 Å². The lowest BCUT2D eigenvalue weighted by atomic mass is 9.99. The van der Waals surface area contributed by atoms with Crippen LogP contribution in [-0.2, 0) is 19.0 Å². The lowest BCUT2D eigenvalue weighted by Crippen LogP contribution is -2.09. The number of amides is 1. The number of fused-ring (bicyclic) bond motifs is 1. The first-order valence-electron chi connectivity index (χ1n) is 6.27. The molecule has 0 bridgehead atoms. The van der Waals surface area contributed by atoms with Crippen LogP contribution in [0.2, 0.25) is 0 Å². The summed E-state index contributed by atoms with van der Waals surface area (Å²) in [5.41, 5.74) is 1.17. The van der Waals surface area contributed by atoms with E-state index in [1.54, 1.807) is 0 Å². The molecule has 112 valence electrons. The first-order chi connectivity index (χ1) is 9.93. The Labute approximate surface area is 126 Å². The van der Waals surface area contributed by atoms with E-state index in [9.17, 15) is 18.0 Å². The molecule has 0 aromatic carbocycles. The third-order valence-electron chi connectivity index (χ3n) is 3.11. The molecule has 0 saturated carbocycles. The fourth-order valence-electron chi connectivity index (χ4n) is 2.15. The predicted octanol–water partition coefficient (Wildman–Crippen LogP) is 3.75. The van der Waals surface area contributed by atoms with Gasteiger partial charge in [0.25, 0.3) is 5.91 Å². The van der Waals surface area contributed by atoms with Gasteiger partial charge in [0.1, 0.15) is 0 Å². The van der Waals surface area contributed by atoms with E-state index in [1.807, 2.05) is 6.07 Å². The first kappa shape index (κ1) is 14.5. The highest BCUT2D eigenvalue weighted by Gasteiger charge is 2.35. The van der Waals surface area contributed by atoms with E-state index in [2.05, 4.69) is 15.5 Å². The molecule has 1 amide bonds. The average Bonchev–Trinajstić information content (AvgIpc) is 3.03. The molecule has 0 spiro atoms. The van der Waals surface area contributed by atoms with Crippen LogP contribution in [0, 0.1) is 0 Å². The van der Waals surface area contributed by atoms with Crippen LogP contribution < -0.4 is 5.32 Å². The highest BCUT2D eigenvalue weighted by Crippen LogP contribution is 2.34. The molecule has 1 aliphatic carbocycles. The van der Waals surface area contributed by atoms with Crippen molar-refractivity contribution in [3.05, 3.63) is 26.4 Å². The van der Waals surface area contributed by atoms with Crippen molar-refractivity contribution < 1.29 is 18.0 Å². The van der Waals surface area contributed by atoms with Crippen LogP contribution in [0.15, 0.2) is 6.07 Å². The van der Waals surface area contributed by atoms with Gasteiger partial charge in [-0.05, 0) is 37.3 Å². The molecule has 3 rings (SSSR count). The number of carbonyl (C=O) groups is 1. The van der Waals surface area contributed by atoms with E-state index in [0.717, 1.165) is 25.7 Å². The van der Waals surface area contributed by atoms with E-state index >= 15 is 0 Å². The molecule has 2 heterocycles. The molecule has 1 N–H and O–H groups in total. The van der Waals surface area contributed by atoms with E-state index < -0.39 is 17.1 Å². The highest BCUT2D eigenvalue weighted by molar-refractivity contribution is 7.16.